The molecule has 1 aromatic rings. The number of hydrogen-bond acceptors (Lipinski definition) is 3. The fourth-order valence-corrected chi connectivity index (χ4v) is 5.49. The molecule has 0 bridgehead atoms. The number of phenols is 1. The lowest BCUT2D eigenvalue weighted by atomic mass is 10.0. The molecule has 3 heteroatoms. The number of unbranched alkanes of at least 4 members (excludes halogenated alkanes) is 4. The highest BCUT2D eigenvalue weighted by molar-refractivity contribution is 8.00. The molecular formula is C25H44OS2. The van der Waals surface area contributed by atoms with Gasteiger partial charge in [0.05, 0.1) is 0 Å². The van der Waals surface area contributed by atoms with Gasteiger partial charge < -0.3 is 5.11 Å². The molecule has 1 nitrogen and oxygen atoms in total. The van der Waals surface area contributed by atoms with Crippen LogP contribution in [0.25, 0.3) is 0 Å². The molecular weight excluding hydrogens is 380 g/mol. The van der Waals surface area contributed by atoms with Crippen LogP contribution < -0.4 is 0 Å². The Labute approximate surface area is 183 Å². The van der Waals surface area contributed by atoms with Crippen molar-refractivity contribution in [1.29, 1.82) is 0 Å². The SMILES string of the molecule is CCCCCC(C)(C)SCc1cc(C)c(O)c(CSC(C)(C)CCCCC)c1. The lowest BCUT2D eigenvalue weighted by molar-refractivity contribution is 0.466. The maximum atomic E-state index is 10.6. The van der Waals surface area contributed by atoms with Crippen LogP contribution in [0.15, 0.2) is 12.1 Å². The average Bonchev–Trinajstić information content (AvgIpc) is 2.62. The van der Waals surface area contributed by atoms with Gasteiger partial charge in [-0.3, -0.25) is 0 Å². The van der Waals surface area contributed by atoms with Crippen LogP contribution in [-0.4, -0.2) is 14.6 Å². The Bertz CT molecular complexity index is 578. The summed E-state index contributed by atoms with van der Waals surface area (Å²) >= 11 is 4.04. The van der Waals surface area contributed by atoms with Crippen molar-refractivity contribution >= 4 is 23.5 Å². The van der Waals surface area contributed by atoms with E-state index in [0.717, 1.165) is 22.6 Å². The molecule has 0 heterocycles. The van der Waals surface area contributed by atoms with E-state index in [1.165, 1.54) is 56.9 Å². The third-order valence-electron chi connectivity index (χ3n) is 5.45. The van der Waals surface area contributed by atoms with Gasteiger partial charge in [-0.25, -0.2) is 0 Å². The van der Waals surface area contributed by atoms with Gasteiger partial charge in [0.2, 0.25) is 0 Å². The molecule has 162 valence electrons. The largest absolute Gasteiger partial charge is 0.507 e. The van der Waals surface area contributed by atoms with Crippen molar-refractivity contribution < 1.29 is 5.11 Å². The summed E-state index contributed by atoms with van der Waals surface area (Å²) in [6.45, 7) is 16.0. The Morgan fingerprint density at radius 3 is 1.79 bits per heavy atom. The maximum absolute atomic E-state index is 10.6. The van der Waals surface area contributed by atoms with E-state index in [9.17, 15) is 5.11 Å². The predicted molar refractivity (Wildman–Crippen MR) is 132 cm³/mol. The standard InChI is InChI=1S/C25H44OS2/c1-8-10-12-14-24(4,5)27-18-21-16-20(3)23(26)22(17-21)19-28-25(6,7)15-13-11-9-2/h16-17,26H,8-15,18-19H2,1-7H3. The van der Waals surface area contributed by atoms with Gasteiger partial charge in [-0.15, -0.1) is 0 Å². The minimum atomic E-state index is 0.265. The number of rotatable bonds is 14. The smallest absolute Gasteiger partial charge is 0.122 e. The second-order valence-corrected chi connectivity index (χ2v) is 12.8. The van der Waals surface area contributed by atoms with Crippen molar-refractivity contribution in [2.75, 3.05) is 0 Å². The van der Waals surface area contributed by atoms with Gasteiger partial charge in [0.1, 0.15) is 5.75 Å². The summed E-state index contributed by atoms with van der Waals surface area (Å²) in [4.78, 5) is 0. The van der Waals surface area contributed by atoms with Crippen LogP contribution in [0.2, 0.25) is 0 Å². The Morgan fingerprint density at radius 1 is 0.786 bits per heavy atom. The van der Waals surface area contributed by atoms with Gasteiger partial charge >= 0.3 is 0 Å². The number of aromatic hydroxyl groups is 1. The Hall–Kier alpha value is -0.280. The van der Waals surface area contributed by atoms with Crippen LogP contribution in [0.5, 0.6) is 5.75 Å². The first-order valence-corrected chi connectivity index (χ1v) is 13.2. The van der Waals surface area contributed by atoms with Crippen LogP contribution >= 0.6 is 23.5 Å². The number of hydrogen-bond donors (Lipinski definition) is 1. The van der Waals surface area contributed by atoms with Crippen molar-refractivity contribution in [3.8, 4) is 5.75 Å². The van der Waals surface area contributed by atoms with Crippen molar-refractivity contribution in [3.63, 3.8) is 0 Å². The number of thioether (sulfide) groups is 2. The Balaban J connectivity index is 2.70. The molecule has 28 heavy (non-hydrogen) atoms. The molecule has 0 aliphatic heterocycles. The Kier molecular flexibility index (Phi) is 11.4. The van der Waals surface area contributed by atoms with Gasteiger partial charge in [0.25, 0.3) is 0 Å². The number of aryl methyl sites for hydroxylation is 1. The topological polar surface area (TPSA) is 20.2 Å². The highest BCUT2D eigenvalue weighted by atomic mass is 32.2. The summed E-state index contributed by atoms with van der Waals surface area (Å²) < 4.78 is 0.582. The monoisotopic (exact) mass is 424 g/mol. The van der Waals surface area contributed by atoms with Crippen LogP contribution in [0.4, 0.5) is 0 Å². The molecule has 0 fully saturated rings. The van der Waals surface area contributed by atoms with Crippen LogP contribution in [0.1, 0.15) is 110 Å². The first-order valence-electron chi connectivity index (χ1n) is 11.2. The van der Waals surface area contributed by atoms with Gasteiger partial charge in [0, 0.05) is 26.6 Å². The normalized spacial score (nSPS) is 12.5. The molecule has 0 radical (unpaired) electrons. The Morgan fingerprint density at radius 2 is 1.29 bits per heavy atom. The zero-order valence-electron chi connectivity index (χ0n) is 19.5. The van der Waals surface area contributed by atoms with Gasteiger partial charge in [-0.2, -0.15) is 23.5 Å². The van der Waals surface area contributed by atoms with Gasteiger partial charge in [-0.1, -0.05) is 92.2 Å². The van der Waals surface area contributed by atoms with E-state index in [0.29, 0.717) is 10.5 Å². The number of benzene rings is 1. The summed E-state index contributed by atoms with van der Waals surface area (Å²) in [5, 5.41) is 10.6. The van der Waals surface area contributed by atoms with Crippen molar-refractivity contribution in [2.24, 2.45) is 0 Å². The predicted octanol–water partition coefficient (Wildman–Crippen LogP) is 8.88. The molecule has 0 aromatic heterocycles. The molecule has 1 rings (SSSR count). The molecule has 1 aromatic carbocycles. The summed E-state index contributed by atoms with van der Waals surface area (Å²) in [6.07, 6.45) is 10.3. The van der Waals surface area contributed by atoms with Gasteiger partial charge in [0.15, 0.2) is 0 Å². The van der Waals surface area contributed by atoms with Crippen molar-refractivity contribution in [3.05, 3.63) is 28.8 Å². The average molecular weight is 425 g/mol. The third-order valence-corrected chi connectivity index (χ3v) is 8.36. The summed E-state index contributed by atoms with van der Waals surface area (Å²) in [5.41, 5.74) is 3.47. The molecule has 0 saturated carbocycles. The minimum absolute atomic E-state index is 0.265. The van der Waals surface area contributed by atoms with Crippen molar-refractivity contribution in [2.45, 2.75) is 121 Å². The maximum Gasteiger partial charge on any atom is 0.122 e. The molecule has 0 aliphatic rings. The third kappa shape index (κ3) is 9.96. The highest BCUT2D eigenvalue weighted by Crippen LogP contribution is 2.38. The van der Waals surface area contributed by atoms with Crippen LogP contribution in [0, 0.1) is 6.92 Å². The second kappa shape index (κ2) is 12.4. The zero-order chi connectivity index (χ0) is 21.2. The number of phenolic OH excluding ortho intramolecular Hbond substituents is 1. The molecule has 1 N–H and O–H groups in total. The summed E-state index contributed by atoms with van der Waals surface area (Å²) in [7, 11) is 0. The van der Waals surface area contributed by atoms with Gasteiger partial charge in [-0.05, 0) is 30.9 Å². The molecule has 0 aliphatic carbocycles. The van der Waals surface area contributed by atoms with E-state index in [4.69, 9.17) is 0 Å². The van der Waals surface area contributed by atoms with E-state index in [2.05, 4.69) is 65.4 Å². The first-order chi connectivity index (χ1) is 13.1. The lowest BCUT2D eigenvalue weighted by Crippen LogP contribution is -2.15. The lowest BCUT2D eigenvalue weighted by Gasteiger charge is -2.25. The van der Waals surface area contributed by atoms with Crippen molar-refractivity contribution in [1.82, 2.24) is 0 Å². The fourth-order valence-electron chi connectivity index (χ4n) is 3.42. The first kappa shape index (κ1) is 25.8. The van der Waals surface area contributed by atoms with E-state index in [1.807, 2.05) is 18.7 Å². The van der Waals surface area contributed by atoms with Crippen LogP contribution in [-0.2, 0) is 11.5 Å². The molecule has 0 amide bonds. The van der Waals surface area contributed by atoms with E-state index >= 15 is 0 Å². The van der Waals surface area contributed by atoms with E-state index in [1.54, 1.807) is 0 Å². The van der Waals surface area contributed by atoms with E-state index < -0.39 is 0 Å². The highest BCUT2D eigenvalue weighted by Gasteiger charge is 2.21. The van der Waals surface area contributed by atoms with Crippen LogP contribution in [0.3, 0.4) is 0 Å². The molecule has 0 saturated heterocycles. The molecule has 0 spiro atoms. The summed E-state index contributed by atoms with van der Waals surface area (Å²) in [6, 6.07) is 4.41. The summed E-state index contributed by atoms with van der Waals surface area (Å²) in [5.74, 6) is 2.41. The van der Waals surface area contributed by atoms with E-state index in [-0.39, 0.29) is 4.75 Å². The quantitative estimate of drug-likeness (QED) is 0.301. The second-order valence-electron chi connectivity index (χ2n) is 9.43. The molecule has 0 atom stereocenters. The molecule has 0 unspecified atom stereocenters. The zero-order valence-corrected chi connectivity index (χ0v) is 21.1. The fraction of sp³-hybridized carbons (Fsp3) is 0.760. The minimum Gasteiger partial charge on any atom is -0.507 e.